The van der Waals surface area contributed by atoms with Gasteiger partial charge in [-0.1, -0.05) is 29.8 Å². The molecule has 17 heavy (non-hydrogen) atoms. The predicted octanol–water partition coefficient (Wildman–Crippen LogP) is 2.75. The molecule has 0 saturated carbocycles. The second-order valence-electron chi connectivity index (χ2n) is 4.23. The molecule has 1 aromatic heterocycles. The van der Waals surface area contributed by atoms with Gasteiger partial charge in [-0.25, -0.2) is 0 Å². The number of anilines is 1. The van der Waals surface area contributed by atoms with Gasteiger partial charge in [-0.2, -0.15) is 5.10 Å². The summed E-state index contributed by atoms with van der Waals surface area (Å²) >= 11 is 0. The second kappa shape index (κ2) is 5.43. The molecular formula is C14H17N3. The lowest BCUT2D eigenvalue weighted by Gasteiger charge is -2.05. The summed E-state index contributed by atoms with van der Waals surface area (Å²) in [6, 6.07) is 12.5. The fourth-order valence-electron chi connectivity index (χ4n) is 1.70. The zero-order valence-corrected chi connectivity index (χ0v) is 10.3. The first kappa shape index (κ1) is 11.6. The van der Waals surface area contributed by atoms with E-state index in [0.717, 1.165) is 24.5 Å². The predicted molar refractivity (Wildman–Crippen MR) is 70.1 cm³/mol. The van der Waals surface area contributed by atoms with E-state index in [1.807, 2.05) is 19.1 Å². The van der Waals surface area contributed by atoms with E-state index < -0.39 is 0 Å². The van der Waals surface area contributed by atoms with Gasteiger partial charge >= 0.3 is 0 Å². The van der Waals surface area contributed by atoms with Crippen LogP contribution in [0.15, 0.2) is 36.4 Å². The van der Waals surface area contributed by atoms with Crippen LogP contribution in [0.4, 0.5) is 5.82 Å². The maximum Gasteiger partial charge on any atom is 0.148 e. The van der Waals surface area contributed by atoms with Crippen molar-refractivity contribution >= 4 is 5.82 Å². The average Bonchev–Trinajstić information content (AvgIpc) is 2.32. The monoisotopic (exact) mass is 227 g/mol. The zero-order valence-electron chi connectivity index (χ0n) is 10.3. The molecule has 0 bridgehead atoms. The Kier molecular flexibility index (Phi) is 3.70. The van der Waals surface area contributed by atoms with E-state index in [2.05, 4.69) is 46.7 Å². The van der Waals surface area contributed by atoms with Crippen molar-refractivity contribution in [2.24, 2.45) is 0 Å². The van der Waals surface area contributed by atoms with Crippen LogP contribution in [0, 0.1) is 13.8 Å². The molecule has 0 aliphatic rings. The van der Waals surface area contributed by atoms with Gasteiger partial charge in [-0.3, -0.25) is 0 Å². The van der Waals surface area contributed by atoms with Crippen molar-refractivity contribution in [1.82, 2.24) is 10.2 Å². The zero-order chi connectivity index (χ0) is 12.1. The summed E-state index contributed by atoms with van der Waals surface area (Å²) in [6.45, 7) is 4.92. The molecule has 0 amide bonds. The quantitative estimate of drug-likeness (QED) is 0.872. The summed E-state index contributed by atoms with van der Waals surface area (Å²) < 4.78 is 0. The Hall–Kier alpha value is -1.90. The lowest BCUT2D eigenvalue weighted by Crippen LogP contribution is -2.07. The summed E-state index contributed by atoms with van der Waals surface area (Å²) in [5.41, 5.74) is 3.59. The second-order valence-corrected chi connectivity index (χ2v) is 4.23. The number of benzene rings is 1. The molecule has 0 fully saturated rings. The fraction of sp³-hybridized carbons (Fsp3) is 0.286. The molecule has 0 saturated heterocycles. The molecule has 0 spiro atoms. The van der Waals surface area contributed by atoms with Crippen molar-refractivity contribution in [1.29, 1.82) is 0 Å². The number of nitrogens with one attached hydrogen (secondary N) is 1. The van der Waals surface area contributed by atoms with Crippen LogP contribution in [0.25, 0.3) is 0 Å². The van der Waals surface area contributed by atoms with E-state index in [-0.39, 0.29) is 0 Å². The lowest BCUT2D eigenvalue weighted by atomic mass is 10.1. The lowest BCUT2D eigenvalue weighted by molar-refractivity contribution is 0.944. The first-order chi connectivity index (χ1) is 8.24. The van der Waals surface area contributed by atoms with Crippen molar-refractivity contribution in [2.75, 3.05) is 11.9 Å². The van der Waals surface area contributed by atoms with Gasteiger partial charge in [0, 0.05) is 6.54 Å². The van der Waals surface area contributed by atoms with Crippen LogP contribution >= 0.6 is 0 Å². The molecule has 2 aromatic rings. The Balaban J connectivity index is 1.85. The highest BCUT2D eigenvalue weighted by Crippen LogP contribution is 2.06. The van der Waals surface area contributed by atoms with Crippen molar-refractivity contribution in [3.63, 3.8) is 0 Å². The minimum Gasteiger partial charge on any atom is -0.368 e. The highest BCUT2D eigenvalue weighted by molar-refractivity contribution is 5.33. The minimum absolute atomic E-state index is 0.836. The van der Waals surface area contributed by atoms with Gasteiger partial charge in [0.25, 0.3) is 0 Å². The Bertz CT molecular complexity index is 477. The third kappa shape index (κ3) is 3.55. The Morgan fingerprint density at radius 2 is 1.94 bits per heavy atom. The van der Waals surface area contributed by atoms with Crippen LogP contribution in [0.2, 0.25) is 0 Å². The molecule has 0 atom stereocenters. The van der Waals surface area contributed by atoms with Gasteiger partial charge in [0.15, 0.2) is 0 Å². The first-order valence-electron chi connectivity index (χ1n) is 5.84. The molecule has 0 unspecified atom stereocenters. The summed E-state index contributed by atoms with van der Waals surface area (Å²) in [6.07, 6.45) is 0.997. The molecule has 2 rings (SSSR count). The van der Waals surface area contributed by atoms with Crippen molar-refractivity contribution in [3.05, 3.63) is 53.2 Å². The maximum absolute atomic E-state index is 4.07. The molecule has 0 radical (unpaired) electrons. The largest absolute Gasteiger partial charge is 0.368 e. The highest BCUT2D eigenvalue weighted by Gasteiger charge is 1.96. The smallest absolute Gasteiger partial charge is 0.148 e. The number of hydrogen-bond acceptors (Lipinski definition) is 3. The van der Waals surface area contributed by atoms with E-state index in [1.54, 1.807) is 0 Å². The van der Waals surface area contributed by atoms with Crippen LogP contribution in [0.1, 0.15) is 16.8 Å². The van der Waals surface area contributed by atoms with E-state index in [9.17, 15) is 0 Å². The van der Waals surface area contributed by atoms with Crippen molar-refractivity contribution < 1.29 is 0 Å². The molecule has 88 valence electrons. The number of hydrogen-bond donors (Lipinski definition) is 1. The molecule has 0 aliphatic carbocycles. The van der Waals surface area contributed by atoms with Crippen molar-refractivity contribution in [2.45, 2.75) is 20.3 Å². The van der Waals surface area contributed by atoms with Gasteiger partial charge in [-0.15, -0.1) is 5.10 Å². The fourth-order valence-corrected chi connectivity index (χ4v) is 1.70. The van der Waals surface area contributed by atoms with E-state index in [1.165, 1.54) is 11.1 Å². The van der Waals surface area contributed by atoms with Gasteiger partial charge in [-0.05, 0) is 38.0 Å². The maximum atomic E-state index is 4.07. The molecule has 3 heteroatoms. The summed E-state index contributed by atoms with van der Waals surface area (Å²) in [4.78, 5) is 0. The summed E-state index contributed by atoms with van der Waals surface area (Å²) in [5.74, 6) is 0.836. The Labute approximate surface area is 102 Å². The van der Waals surface area contributed by atoms with Crippen LogP contribution in [-0.4, -0.2) is 16.7 Å². The summed E-state index contributed by atoms with van der Waals surface area (Å²) in [7, 11) is 0. The molecule has 1 aromatic carbocycles. The van der Waals surface area contributed by atoms with E-state index in [0.29, 0.717) is 0 Å². The Morgan fingerprint density at radius 3 is 2.65 bits per heavy atom. The van der Waals surface area contributed by atoms with Gasteiger partial charge in [0.05, 0.1) is 5.69 Å². The third-order valence-corrected chi connectivity index (χ3v) is 2.60. The topological polar surface area (TPSA) is 37.8 Å². The van der Waals surface area contributed by atoms with Crippen LogP contribution in [0.3, 0.4) is 0 Å². The van der Waals surface area contributed by atoms with Crippen molar-refractivity contribution in [3.8, 4) is 0 Å². The number of nitrogens with zero attached hydrogens (tertiary/aromatic N) is 2. The van der Waals surface area contributed by atoms with Crippen LogP contribution < -0.4 is 5.32 Å². The summed E-state index contributed by atoms with van der Waals surface area (Å²) in [5, 5.41) is 11.3. The SMILES string of the molecule is Cc1cccc(CCNc2ccc(C)nn2)c1. The van der Waals surface area contributed by atoms with E-state index >= 15 is 0 Å². The van der Waals surface area contributed by atoms with E-state index in [4.69, 9.17) is 0 Å². The number of aromatic nitrogens is 2. The van der Waals surface area contributed by atoms with Gasteiger partial charge in [0.1, 0.15) is 5.82 Å². The molecular weight excluding hydrogens is 210 g/mol. The number of rotatable bonds is 4. The van der Waals surface area contributed by atoms with Gasteiger partial charge < -0.3 is 5.32 Å². The average molecular weight is 227 g/mol. The van der Waals surface area contributed by atoms with Crippen LogP contribution in [-0.2, 0) is 6.42 Å². The standard InChI is InChI=1S/C14H17N3/c1-11-4-3-5-13(10-11)8-9-15-14-7-6-12(2)16-17-14/h3-7,10H,8-9H2,1-2H3,(H,15,17). The van der Waals surface area contributed by atoms with Crippen LogP contribution in [0.5, 0.6) is 0 Å². The van der Waals surface area contributed by atoms with Gasteiger partial charge in [0.2, 0.25) is 0 Å². The molecule has 1 heterocycles. The number of aryl methyl sites for hydroxylation is 2. The third-order valence-electron chi connectivity index (χ3n) is 2.60. The Morgan fingerprint density at radius 1 is 1.06 bits per heavy atom. The molecule has 3 nitrogen and oxygen atoms in total. The first-order valence-corrected chi connectivity index (χ1v) is 5.84. The minimum atomic E-state index is 0.836. The molecule has 0 aliphatic heterocycles. The molecule has 1 N–H and O–H groups in total. The normalized spacial score (nSPS) is 10.2. The highest BCUT2D eigenvalue weighted by atomic mass is 15.2.